The van der Waals surface area contributed by atoms with Crippen molar-refractivity contribution in [3.63, 3.8) is 0 Å². The van der Waals surface area contributed by atoms with Crippen LogP contribution in [0.2, 0.25) is 0 Å². The van der Waals surface area contributed by atoms with Gasteiger partial charge < -0.3 is 0 Å². The normalized spacial score (nSPS) is 11.9. The number of thioether (sulfide) groups is 1. The summed E-state index contributed by atoms with van der Waals surface area (Å²) in [6.45, 7) is 0. The van der Waals surface area contributed by atoms with Gasteiger partial charge in [-0.2, -0.15) is 5.26 Å². The molecule has 0 fully saturated rings. The number of carbonyl (C=O) groups is 1. The van der Waals surface area contributed by atoms with Gasteiger partial charge in [-0.25, -0.2) is 4.98 Å². The largest absolute Gasteiger partial charge is 0.287 e. The fraction of sp³-hybridized carbons (Fsp3) is 0.0556. The Morgan fingerprint density at radius 2 is 1.91 bits per heavy atom. The predicted octanol–water partition coefficient (Wildman–Crippen LogP) is 4.62. The average molecular weight is 334 g/mol. The standard InChI is InChI=1S/C18H10N2OS2/c1-22-18-12(9-19)14(13-7-4-8-23-13)15-10-5-2-3-6-11(10)17(21)16(15)20-18/h2-8H,1H3. The fourth-order valence-corrected chi connectivity index (χ4v) is 4.25. The van der Waals surface area contributed by atoms with Crippen LogP contribution in [-0.2, 0) is 0 Å². The summed E-state index contributed by atoms with van der Waals surface area (Å²) in [6.07, 6.45) is 1.88. The number of nitriles is 1. The molecule has 1 aliphatic carbocycles. The molecule has 3 nitrogen and oxygen atoms in total. The highest BCUT2D eigenvalue weighted by Crippen LogP contribution is 2.46. The van der Waals surface area contributed by atoms with Gasteiger partial charge in [-0.05, 0) is 23.3 Å². The number of fused-ring (bicyclic) bond motifs is 3. The summed E-state index contributed by atoms with van der Waals surface area (Å²) in [5, 5.41) is 12.3. The van der Waals surface area contributed by atoms with Gasteiger partial charge in [0, 0.05) is 21.6 Å². The Hall–Kier alpha value is -2.42. The van der Waals surface area contributed by atoms with Crippen molar-refractivity contribution < 1.29 is 4.79 Å². The van der Waals surface area contributed by atoms with E-state index in [9.17, 15) is 10.1 Å². The molecule has 0 saturated heterocycles. The van der Waals surface area contributed by atoms with Crippen LogP contribution in [-0.4, -0.2) is 17.0 Å². The van der Waals surface area contributed by atoms with Gasteiger partial charge in [-0.3, -0.25) is 4.79 Å². The van der Waals surface area contributed by atoms with Gasteiger partial charge in [-0.1, -0.05) is 30.3 Å². The molecule has 0 N–H and O–H groups in total. The molecule has 4 rings (SSSR count). The van der Waals surface area contributed by atoms with Crippen molar-refractivity contribution in [2.24, 2.45) is 0 Å². The number of carbonyl (C=O) groups excluding carboxylic acids is 1. The molecule has 0 aliphatic heterocycles. The van der Waals surface area contributed by atoms with Gasteiger partial charge in [0.2, 0.25) is 5.78 Å². The molecule has 110 valence electrons. The molecule has 0 spiro atoms. The molecule has 1 aliphatic rings. The zero-order chi connectivity index (χ0) is 16.0. The molecule has 2 aromatic heterocycles. The number of hydrogen-bond acceptors (Lipinski definition) is 5. The van der Waals surface area contributed by atoms with Crippen molar-refractivity contribution in [1.82, 2.24) is 4.98 Å². The van der Waals surface area contributed by atoms with E-state index < -0.39 is 0 Å². The molecular weight excluding hydrogens is 324 g/mol. The van der Waals surface area contributed by atoms with Crippen molar-refractivity contribution in [3.8, 4) is 27.6 Å². The zero-order valence-electron chi connectivity index (χ0n) is 12.2. The summed E-state index contributed by atoms with van der Waals surface area (Å²) >= 11 is 2.96. The minimum Gasteiger partial charge on any atom is -0.287 e. The molecule has 0 radical (unpaired) electrons. The van der Waals surface area contributed by atoms with E-state index in [2.05, 4.69) is 11.1 Å². The van der Waals surface area contributed by atoms with Crippen LogP contribution in [0.1, 0.15) is 21.6 Å². The lowest BCUT2D eigenvalue weighted by atomic mass is 9.97. The molecule has 5 heteroatoms. The average Bonchev–Trinajstić information content (AvgIpc) is 3.21. The topological polar surface area (TPSA) is 53.8 Å². The number of ketones is 1. The number of hydrogen-bond donors (Lipinski definition) is 0. The van der Waals surface area contributed by atoms with Gasteiger partial charge in [0.15, 0.2) is 0 Å². The first-order valence-electron chi connectivity index (χ1n) is 6.96. The number of rotatable bonds is 2. The molecule has 23 heavy (non-hydrogen) atoms. The van der Waals surface area contributed by atoms with E-state index in [1.54, 1.807) is 11.3 Å². The van der Waals surface area contributed by atoms with Crippen LogP contribution in [0.3, 0.4) is 0 Å². The van der Waals surface area contributed by atoms with Gasteiger partial charge in [-0.15, -0.1) is 23.1 Å². The van der Waals surface area contributed by atoms with Crippen molar-refractivity contribution >= 4 is 28.9 Å². The maximum atomic E-state index is 12.7. The first-order chi connectivity index (χ1) is 11.3. The Morgan fingerprint density at radius 3 is 2.57 bits per heavy atom. The zero-order valence-corrected chi connectivity index (χ0v) is 13.8. The summed E-state index contributed by atoms with van der Waals surface area (Å²) in [7, 11) is 0. The van der Waals surface area contributed by atoms with Gasteiger partial charge in [0.25, 0.3) is 0 Å². The Labute approximate surface area is 141 Å². The summed E-state index contributed by atoms with van der Waals surface area (Å²) in [4.78, 5) is 18.2. The van der Waals surface area contributed by atoms with Gasteiger partial charge in [0.1, 0.15) is 16.8 Å². The first kappa shape index (κ1) is 14.2. The van der Waals surface area contributed by atoms with Crippen molar-refractivity contribution in [2.75, 3.05) is 6.26 Å². The molecule has 1 aromatic carbocycles. The minimum atomic E-state index is -0.0619. The molecule has 0 saturated carbocycles. The van der Waals surface area contributed by atoms with E-state index in [0.29, 0.717) is 21.8 Å². The van der Waals surface area contributed by atoms with E-state index in [0.717, 1.165) is 21.6 Å². The van der Waals surface area contributed by atoms with Crippen molar-refractivity contribution in [1.29, 1.82) is 5.26 Å². The maximum absolute atomic E-state index is 12.7. The van der Waals surface area contributed by atoms with Crippen molar-refractivity contribution in [3.05, 3.63) is 58.6 Å². The molecule has 0 unspecified atom stereocenters. The smallest absolute Gasteiger partial charge is 0.212 e. The minimum absolute atomic E-state index is 0.0619. The van der Waals surface area contributed by atoms with Crippen LogP contribution in [0.25, 0.3) is 21.6 Å². The lowest BCUT2D eigenvalue weighted by Crippen LogP contribution is -2.02. The number of nitrogens with zero attached hydrogens (tertiary/aromatic N) is 2. The monoisotopic (exact) mass is 334 g/mol. The number of thiophene rings is 1. The SMILES string of the molecule is CSc1nc2c(c(-c3cccs3)c1C#N)-c1ccccc1C2=O. The number of aromatic nitrogens is 1. The highest BCUT2D eigenvalue weighted by atomic mass is 32.2. The lowest BCUT2D eigenvalue weighted by Gasteiger charge is -2.12. The number of pyridine rings is 1. The van der Waals surface area contributed by atoms with Crippen LogP contribution in [0.15, 0.2) is 46.8 Å². The van der Waals surface area contributed by atoms with Crippen LogP contribution in [0, 0.1) is 11.3 Å². The number of benzene rings is 1. The molecule has 0 bridgehead atoms. The van der Waals surface area contributed by atoms with E-state index in [1.807, 2.05) is 48.0 Å². The third-order valence-electron chi connectivity index (χ3n) is 3.89. The van der Waals surface area contributed by atoms with E-state index >= 15 is 0 Å². The van der Waals surface area contributed by atoms with E-state index in [1.165, 1.54) is 11.8 Å². The Kier molecular flexibility index (Phi) is 3.29. The van der Waals surface area contributed by atoms with Crippen LogP contribution in [0.4, 0.5) is 0 Å². The Bertz CT molecular complexity index is 985. The summed E-state index contributed by atoms with van der Waals surface area (Å²) in [5.74, 6) is -0.0619. The second-order valence-corrected chi connectivity index (χ2v) is 6.80. The molecular formula is C18H10N2OS2. The lowest BCUT2D eigenvalue weighted by molar-refractivity contribution is 0.103. The first-order valence-corrected chi connectivity index (χ1v) is 9.06. The molecule has 0 atom stereocenters. The van der Waals surface area contributed by atoms with Gasteiger partial charge >= 0.3 is 0 Å². The molecule has 3 aromatic rings. The van der Waals surface area contributed by atoms with Crippen LogP contribution >= 0.6 is 23.1 Å². The van der Waals surface area contributed by atoms with Crippen LogP contribution < -0.4 is 0 Å². The van der Waals surface area contributed by atoms with Gasteiger partial charge in [0.05, 0.1) is 5.56 Å². The summed E-state index contributed by atoms with van der Waals surface area (Å²) < 4.78 is 0. The van der Waals surface area contributed by atoms with Crippen LogP contribution in [0.5, 0.6) is 0 Å². The highest BCUT2D eigenvalue weighted by molar-refractivity contribution is 7.98. The third kappa shape index (κ3) is 1.96. The quantitative estimate of drug-likeness (QED) is 0.502. The highest BCUT2D eigenvalue weighted by Gasteiger charge is 2.33. The van der Waals surface area contributed by atoms with Crippen molar-refractivity contribution in [2.45, 2.75) is 5.03 Å². The summed E-state index contributed by atoms with van der Waals surface area (Å²) in [6, 6.07) is 13.7. The third-order valence-corrected chi connectivity index (χ3v) is 5.46. The second-order valence-electron chi connectivity index (χ2n) is 5.06. The Balaban J connectivity index is 2.18. The fourth-order valence-electron chi connectivity index (χ4n) is 2.94. The maximum Gasteiger partial charge on any atom is 0.212 e. The predicted molar refractivity (Wildman–Crippen MR) is 92.9 cm³/mol. The Morgan fingerprint density at radius 1 is 1.13 bits per heavy atom. The molecule has 0 amide bonds. The van der Waals surface area contributed by atoms with E-state index in [4.69, 9.17) is 0 Å². The van der Waals surface area contributed by atoms with E-state index in [-0.39, 0.29) is 5.78 Å². The molecule has 2 heterocycles. The second kappa shape index (κ2) is 5.34. The summed E-state index contributed by atoms with van der Waals surface area (Å²) in [5.41, 5.74) is 4.15.